The Labute approximate surface area is 88.6 Å². The monoisotopic (exact) mass is 212 g/mol. The summed E-state index contributed by atoms with van der Waals surface area (Å²) >= 11 is 0. The second-order valence-corrected chi connectivity index (χ2v) is 2.89. The van der Waals surface area contributed by atoms with Crippen molar-refractivity contribution in [1.29, 1.82) is 0 Å². The molecule has 0 saturated carbocycles. The summed E-state index contributed by atoms with van der Waals surface area (Å²) in [6, 6.07) is 0. The molecule has 0 amide bonds. The molecule has 0 unspecified atom stereocenters. The molecule has 6 nitrogen and oxygen atoms in total. The number of nitrogens with two attached hydrogens (primary N) is 2. The Morgan fingerprint density at radius 2 is 1.67 bits per heavy atom. The van der Waals surface area contributed by atoms with Crippen molar-refractivity contribution < 1.29 is 9.47 Å². The Morgan fingerprint density at radius 3 is 2.20 bits per heavy atom. The van der Waals surface area contributed by atoms with Crippen molar-refractivity contribution in [3.63, 3.8) is 0 Å². The minimum absolute atomic E-state index is 0.0961. The Balaban J connectivity index is 2.93. The number of hydrogen-bond donors (Lipinski definition) is 2. The van der Waals surface area contributed by atoms with Gasteiger partial charge in [-0.1, -0.05) is 6.92 Å². The average Bonchev–Trinajstić information content (AvgIpc) is 2.21. The van der Waals surface area contributed by atoms with Crippen molar-refractivity contribution in [2.75, 3.05) is 24.7 Å². The van der Waals surface area contributed by atoms with E-state index in [0.717, 1.165) is 6.42 Å². The van der Waals surface area contributed by atoms with Crippen molar-refractivity contribution in [3.05, 3.63) is 0 Å². The molecule has 0 aliphatic rings. The van der Waals surface area contributed by atoms with Crippen LogP contribution < -0.4 is 20.9 Å². The molecule has 0 aliphatic carbocycles. The maximum absolute atomic E-state index is 5.75. The van der Waals surface area contributed by atoms with Gasteiger partial charge in [0, 0.05) is 0 Å². The number of rotatable bonds is 5. The van der Waals surface area contributed by atoms with Crippen molar-refractivity contribution in [3.8, 4) is 11.8 Å². The van der Waals surface area contributed by atoms with E-state index in [2.05, 4.69) is 9.97 Å². The molecule has 84 valence electrons. The van der Waals surface area contributed by atoms with Gasteiger partial charge in [0.15, 0.2) is 5.69 Å². The fourth-order valence-electron chi connectivity index (χ4n) is 1.00. The summed E-state index contributed by atoms with van der Waals surface area (Å²) in [6.45, 7) is 4.83. The Hall–Kier alpha value is -1.72. The van der Waals surface area contributed by atoms with Gasteiger partial charge in [0.25, 0.3) is 0 Å². The average molecular weight is 212 g/mol. The zero-order valence-electron chi connectivity index (χ0n) is 8.99. The Morgan fingerprint density at radius 1 is 1.07 bits per heavy atom. The number of hydrogen-bond acceptors (Lipinski definition) is 6. The van der Waals surface area contributed by atoms with Crippen molar-refractivity contribution in [2.24, 2.45) is 0 Å². The van der Waals surface area contributed by atoms with Crippen LogP contribution in [0.5, 0.6) is 11.8 Å². The quantitative estimate of drug-likeness (QED) is 0.750. The first kappa shape index (κ1) is 11.4. The predicted molar refractivity (Wildman–Crippen MR) is 57.8 cm³/mol. The van der Waals surface area contributed by atoms with Gasteiger partial charge in [-0.25, -0.2) is 0 Å². The summed E-state index contributed by atoms with van der Waals surface area (Å²) in [7, 11) is 0. The molecule has 0 aliphatic heterocycles. The first-order valence-electron chi connectivity index (χ1n) is 4.87. The van der Waals surface area contributed by atoms with Crippen LogP contribution in [-0.2, 0) is 0 Å². The standard InChI is InChI=1S/C9H16N4O2/c1-3-5-15-8-6(10)7(14-4-2)12-9(11)13-8/h3-5,10H2,1-2H3,(H2,11,12,13). The molecule has 0 spiro atoms. The third kappa shape index (κ3) is 2.87. The third-order valence-corrected chi connectivity index (χ3v) is 1.62. The topological polar surface area (TPSA) is 96.3 Å². The zero-order valence-corrected chi connectivity index (χ0v) is 8.99. The second-order valence-electron chi connectivity index (χ2n) is 2.89. The minimum atomic E-state index is 0.0961. The molecule has 0 saturated heterocycles. The van der Waals surface area contributed by atoms with Crippen LogP contribution in [0.2, 0.25) is 0 Å². The van der Waals surface area contributed by atoms with Gasteiger partial charge < -0.3 is 20.9 Å². The molecular formula is C9H16N4O2. The maximum Gasteiger partial charge on any atom is 0.246 e. The minimum Gasteiger partial charge on any atom is -0.476 e. The van der Waals surface area contributed by atoms with Crippen LogP contribution in [0, 0.1) is 0 Å². The smallest absolute Gasteiger partial charge is 0.246 e. The number of aromatic nitrogens is 2. The van der Waals surface area contributed by atoms with E-state index in [9.17, 15) is 0 Å². The van der Waals surface area contributed by atoms with E-state index in [1.54, 1.807) is 0 Å². The van der Waals surface area contributed by atoms with Gasteiger partial charge in [0.1, 0.15) is 0 Å². The highest BCUT2D eigenvalue weighted by Gasteiger charge is 2.12. The third-order valence-electron chi connectivity index (χ3n) is 1.62. The fourth-order valence-corrected chi connectivity index (χ4v) is 1.00. The molecule has 1 rings (SSSR count). The molecule has 4 N–H and O–H groups in total. The van der Waals surface area contributed by atoms with Crippen LogP contribution in [0.4, 0.5) is 11.6 Å². The molecule has 6 heteroatoms. The van der Waals surface area contributed by atoms with Gasteiger partial charge in [-0.3, -0.25) is 0 Å². The van der Waals surface area contributed by atoms with Crippen molar-refractivity contribution in [1.82, 2.24) is 9.97 Å². The molecule has 0 atom stereocenters. The molecule has 1 aromatic rings. The summed E-state index contributed by atoms with van der Waals surface area (Å²) < 4.78 is 10.5. The van der Waals surface area contributed by atoms with Crippen molar-refractivity contribution >= 4 is 11.6 Å². The largest absolute Gasteiger partial charge is 0.476 e. The lowest BCUT2D eigenvalue weighted by molar-refractivity contribution is 0.297. The van der Waals surface area contributed by atoms with E-state index in [1.807, 2.05) is 13.8 Å². The second kappa shape index (κ2) is 5.23. The van der Waals surface area contributed by atoms with Gasteiger partial charge in [-0.15, -0.1) is 0 Å². The molecule has 1 heterocycles. The van der Waals surface area contributed by atoms with E-state index >= 15 is 0 Å². The Kier molecular flexibility index (Phi) is 3.96. The summed E-state index contributed by atoms with van der Waals surface area (Å²) in [6.07, 6.45) is 0.868. The van der Waals surface area contributed by atoms with Crippen LogP contribution in [-0.4, -0.2) is 23.2 Å². The van der Waals surface area contributed by atoms with Gasteiger partial charge in [0.05, 0.1) is 13.2 Å². The molecule has 0 aromatic carbocycles. The van der Waals surface area contributed by atoms with E-state index < -0.39 is 0 Å². The highest BCUT2D eigenvalue weighted by atomic mass is 16.5. The molecule has 1 aromatic heterocycles. The van der Waals surface area contributed by atoms with Crippen LogP contribution in [0.15, 0.2) is 0 Å². The molecule has 15 heavy (non-hydrogen) atoms. The van der Waals surface area contributed by atoms with Crippen LogP contribution in [0.3, 0.4) is 0 Å². The predicted octanol–water partition coefficient (Wildman–Crippen LogP) is 0.829. The zero-order chi connectivity index (χ0) is 11.3. The molecular weight excluding hydrogens is 196 g/mol. The van der Waals surface area contributed by atoms with Crippen LogP contribution in [0.1, 0.15) is 20.3 Å². The normalized spacial score (nSPS) is 10.0. The van der Waals surface area contributed by atoms with Gasteiger partial charge in [-0.05, 0) is 13.3 Å². The lowest BCUT2D eigenvalue weighted by Crippen LogP contribution is -2.08. The van der Waals surface area contributed by atoms with Gasteiger partial charge >= 0.3 is 0 Å². The summed E-state index contributed by atoms with van der Waals surface area (Å²) in [4.78, 5) is 7.76. The van der Waals surface area contributed by atoms with Crippen LogP contribution >= 0.6 is 0 Å². The highest BCUT2D eigenvalue weighted by Crippen LogP contribution is 2.28. The van der Waals surface area contributed by atoms with Gasteiger partial charge in [0.2, 0.25) is 17.7 Å². The molecule has 0 radical (unpaired) electrons. The summed E-state index contributed by atoms with van der Waals surface area (Å²) in [5.41, 5.74) is 11.5. The number of anilines is 2. The lowest BCUT2D eigenvalue weighted by atomic mass is 10.4. The number of nitrogens with zero attached hydrogens (tertiary/aromatic N) is 2. The number of nitrogen functional groups attached to an aromatic ring is 2. The number of ether oxygens (including phenoxy) is 2. The SMILES string of the molecule is CCCOc1nc(N)nc(OCC)c1N. The first-order chi connectivity index (χ1) is 7.19. The van der Waals surface area contributed by atoms with E-state index in [0.29, 0.717) is 18.9 Å². The van der Waals surface area contributed by atoms with E-state index in [-0.39, 0.29) is 17.7 Å². The fraction of sp³-hybridized carbons (Fsp3) is 0.556. The summed E-state index contributed by atoms with van der Waals surface area (Å²) in [5, 5.41) is 0. The lowest BCUT2D eigenvalue weighted by Gasteiger charge is -2.10. The van der Waals surface area contributed by atoms with E-state index in [4.69, 9.17) is 20.9 Å². The molecule has 0 fully saturated rings. The first-order valence-corrected chi connectivity index (χ1v) is 4.87. The van der Waals surface area contributed by atoms with E-state index in [1.165, 1.54) is 0 Å². The summed E-state index contributed by atoms with van der Waals surface area (Å²) in [5.74, 6) is 0.655. The van der Waals surface area contributed by atoms with Crippen molar-refractivity contribution in [2.45, 2.75) is 20.3 Å². The highest BCUT2D eigenvalue weighted by molar-refractivity contribution is 5.58. The Bertz CT molecular complexity index is 330. The van der Waals surface area contributed by atoms with Gasteiger partial charge in [-0.2, -0.15) is 9.97 Å². The van der Waals surface area contributed by atoms with Crippen LogP contribution in [0.25, 0.3) is 0 Å². The molecule has 0 bridgehead atoms. The maximum atomic E-state index is 5.75.